The molecule has 1 fully saturated rings. The minimum atomic E-state index is -0.0371. The molecule has 3 heterocycles. The number of halogens is 1. The predicted molar refractivity (Wildman–Crippen MR) is 75.8 cm³/mol. The lowest BCUT2D eigenvalue weighted by molar-refractivity contribution is 0.0932. The van der Waals surface area contributed by atoms with Gasteiger partial charge in [-0.05, 0) is 31.5 Å². The number of hydrogen-bond donors (Lipinski definition) is 2. The van der Waals surface area contributed by atoms with E-state index in [4.69, 9.17) is 0 Å². The lowest BCUT2D eigenvalue weighted by atomic mass is 10.1. The molecule has 0 aromatic carbocycles. The number of aromatic nitrogens is 2. The minimum absolute atomic E-state index is 0. The Labute approximate surface area is 117 Å². The molecule has 2 aromatic rings. The topological polar surface area (TPSA) is 58.4 Å². The van der Waals surface area contributed by atoms with Crippen LogP contribution in [0, 0.1) is 0 Å². The van der Waals surface area contributed by atoms with Crippen molar-refractivity contribution in [2.75, 3.05) is 13.1 Å². The lowest BCUT2D eigenvalue weighted by Gasteiger charge is -2.23. The Kier molecular flexibility index (Phi) is 4.39. The van der Waals surface area contributed by atoms with Crippen LogP contribution >= 0.6 is 12.4 Å². The molecule has 6 heteroatoms. The first-order valence-corrected chi connectivity index (χ1v) is 6.28. The molecule has 102 valence electrons. The van der Waals surface area contributed by atoms with E-state index in [2.05, 4.69) is 15.7 Å². The Morgan fingerprint density at radius 3 is 3.16 bits per heavy atom. The highest BCUT2D eigenvalue weighted by Crippen LogP contribution is 2.11. The zero-order valence-corrected chi connectivity index (χ0v) is 11.3. The highest BCUT2D eigenvalue weighted by molar-refractivity contribution is 6.00. The summed E-state index contributed by atoms with van der Waals surface area (Å²) in [4.78, 5) is 12.2. The largest absolute Gasteiger partial charge is 0.348 e. The van der Waals surface area contributed by atoms with Gasteiger partial charge in [-0.3, -0.25) is 4.79 Å². The Bertz CT molecular complexity index is 563. The smallest absolute Gasteiger partial charge is 0.255 e. The Hall–Kier alpha value is -1.59. The van der Waals surface area contributed by atoms with E-state index in [1.165, 1.54) is 0 Å². The molecule has 1 amide bonds. The minimum Gasteiger partial charge on any atom is -0.348 e. The van der Waals surface area contributed by atoms with Gasteiger partial charge in [0.15, 0.2) is 0 Å². The molecule has 19 heavy (non-hydrogen) atoms. The summed E-state index contributed by atoms with van der Waals surface area (Å²) in [6, 6.07) is 5.94. The van der Waals surface area contributed by atoms with Crippen LogP contribution in [0.2, 0.25) is 0 Å². The Balaban J connectivity index is 0.00000133. The molecule has 1 aliphatic rings. The van der Waals surface area contributed by atoms with Gasteiger partial charge in [-0.25, -0.2) is 4.52 Å². The van der Waals surface area contributed by atoms with Crippen LogP contribution in [0.15, 0.2) is 30.6 Å². The normalized spacial score (nSPS) is 18.8. The van der Waals surface area contributed by atoms with Crippen molar-refractivity contribution in [3.05, 3.63) is 36.2 Å². The standard InChI is InChI=1S/C13H16N4O.ClH/c18-13(16-10-4-3-6-14-8-10)11-9-15-17-7-2-1-5-12(11)17;/h1-2,5,7,9-10,14H,3-4,6,8H2,(H,16,18);1H. The summed E-state index contributed by atoms with van der Waals surface area (Å²) in [6.07, 6.45) is 5.62. The predicted octanol–water partition coefficient (Wildman–Crippen LogP) is 1.24. The second kappa shape index (κ2) is 6.04. The zero-order valence-electron chi connectivity index (χ0n) is 10.5. The summed E-state index contributed by atoms with van der Waals surface area (Å²) < 4.78 is 1.72. The van der Waals surface area contributed by atoms with Gasteiger partial charge in [0.1, 0.15) is 0 Å². The summed E-state index contributed by atoms with van der Waals surface area (Å²) in [5, 5.41) is 10.5. The van der Waals surface area contributed by atoms with E-state index < -0.39 is 0 Å². The van der Waals surface area contributed by atoms with Crippen molar-refractivity contribution in [1.82, 2.24) is 20.2 Å². The van der Waals surface area contributed by atoms with E-state index in [1.54, 1.807) is 10.7 Å². The van der Waals surface area contributed by atoms with Crippen LogP contribution in [-0.2, 0) is 0 Å². The molecule has 5 nitrogen and oxygen atoms in total. The van der Waals surface area contributed by atoms with Crippen molar-refractivity contribution < 1.29 is 4.79 Å². The second-order valence-electron chi connectivity index (χ2n) is 4.61. The number of carbonyl (C=O) groups is 1. The quantitative estimate of drug-likeness (QED) is 0.870. The van der Waals surface area contributed by atoms with Gasteiger partial charge in [0.2, 0.25) is 0 Å². The number of fused-ring (bicyclic) bond motifs is 1. The summed E-state index contributed by atoms with van der Waals surface area (Å²) >= 11 is 0. The monoisotopic (exact) mass is 280 g/mol. The van der Waals surface area contributed by atoms with Crippen LogP contribution in [0.3, 0.4) is 0 Å². The van der Waals surface area contributed by atoms with Gasteiger partial charge in [0.25, 0.3) is 5.91 Å². The van der Waals surface area contributed by atoms with E-state index >= 15 is 0 Å². The number of nitrogens with zero attached hydrogens (tertiary/aromatic N) is 2. The van der Waals surface area contributed by atoms with Crippen LogP contribution in [0.4, 0.5) is 0 Å². The van der Waals surface area contributed by atoms with E-state index in [9.17, 15) is 4.79 Å². The average Bonchev–Trinajstić information content (AvgIpc) is 2.84. The number of amides is 1. The molecule has 3 rings (SSSR count). The Morgan fingerprint density at radius 2 is 2.37 bits per heavy atom. The molecule has 2 aromatic heterocycles. The summed E-state index contributed by atoms with van der Waals surface area (Å²) in [7, 11) is 0. The number of carbonyl (C=O) groups excluding carboxylic acids is 1. The number of hydrogen-bond acceptors (Lipinski definition) is 3. The van der Waals surface area contributed by atoms with Crippen LogP contribution in [-0.4, -0.2) is 34.7 Å². The third-order valence-electron chi connectivity index (χ3n) is 3.30. The van der Waals surface area contributed by atoms with Gasteiger partial charge in [0.05, 0.1) is 17.3 Å². The van der Waals surface area contributed by atoms with Crippen LogP contribution in [0.1, 0.15) is 23.2 Å². The highest BCUT2D eigenvalue weighted by atomic mass is 35.5. The maximum absolute atomic E-state index is 12.2. The summed E-state index contributed by atoms with van der Waals surface area (Å²) in [5.74, 6) is -0.0371. The van der Waals surface area contributed by atoms with Crippen LogP contribution in [0.25, 0.3) is 5.52 Å². The van der Waals surface area contributed by atoms with Crippen molar-refractivity contribution in [2.24, 2.45) is 0 Å². The zero-order chi connectivity index (χ0) is 12.4. The third-order valence-corrected chi connectivity index (χ3v) is 3.30. The first kappa shape index (κ1) is 13.8. The van der Waals surface area contributed by atoms with Crippen LogP contribution < -0.4 is 10.6 Å². The maximum Gasteiger partial charge on any atom is 0.255 e. The molecule has 0 saturated carbocycles. The van der Waals surface area contributed by atoms with E-state index in [-0.39, 0.29) is 24.4 Å². The van der Waals surface area contributed by atoms with Gasteiger partial charge >= 0.3 is 0 Å². The first-order valence-electron chi connectivity index (χ1n) is 6.28. The van der Waals surface area contributed by atoms with Crippen molar-refractivity contribution in [3.63, 3.8) is 0 Å². The number of pyridine rings is 1. The summed E-state index contributed by atoms with van der Waals surface area (Å²) in [5.41, 5.74) is 1.49. The fourth-order valence-corrected chi connectivity index (χ4v) is 2.35. The third kappa shape index (κ3) is 2.88. The molecule has 0 bridgehead atoms. The Morgan fingerprint density at radius 1 is 1.47 bits per heavy atom. The highest BCUT2D eigenvalue weighted by Gasteiger charge is 2.18. The maximum atomic E-state index is 12.2. The van der Waals surface area contributed by atoms with E-state index in [0.29, 0.717) is 5.56 Å². The molecule has 1 saturated heterocycles. The van der Waals surface area contributed by atoms with E-state index in [1.807, 2.05) is 24.4 Å². The van der Waals surface area contributed by atoms with Gasteiger partial charge in [-0.2, -0.15) is 5.10 Å². The number of piperidine rings is 1. The van der Waals surface area contributed by atoms with Crippen molar-refractivity contribution in [3.8, 4) is 0 Å². The lowest BCUT2D eigenvalue weighted by Crippen LogP contribution is -2.45. The van der Waals surface area contributed by atoms with Crippen molar-refractivity contribution in [1.29, 1.82) is 0 Å². The summed E-state index contributed by atoms with van der Waals surface area (Å²) in [6.45, 7) is 1.90. The molecule has 0 aliphatic carbocycles. The SMILES string of the molecule is Cl.O=C(NC1CCCNC1)c1cnn2ccccc12. The molecule has 0 spiro atoms. The fraction of sp³-hybridized carbons (Fsp3) is 0.385. The van der Waals surface area contributed by atoms with Gasteiger partial charge in [-0.1, -0.05) is 6.07 Å². The van der Waals surface area contributed by atoms with Gasteiger partial charge in [-0.15, -0.1) is 12.4 Å². The molecular weight excluding hydrogens is 264 g/mol. The fourth-order valence-electron chi connectivity index (χ4n) is 2.35. The van der Waals surface area contributed by atoms with E-state index in [0.717, 1.165) is 31.4 Å². The molecule has 2 N–H and O–H groups in total. The van der Waals surface area contributed by atoms with Gasteiger partial charge < -0.3 is 10.6 Å². The van der Waals surface area contributed by atoms with Gasteiger partial charge in [0, 0.05) is 18.8 Å². The van der Waals surface area contributed by atoms with Crippen molar-refractivity contribution >= 4 is 23.8 Å². The molecule has 1 atom stereocenters. The molecule has 1 aliphatic heterocycles. The average molecular weight is 281 g/mol. The number of rotatable bonds is 2. The number of nitrogens with one attached hydrogen (secondary N) is 2. The van der Waals surface area contributed by atoms with Crippen molar-refractivity contribution in [2.45, 2.75) is 18.9 Å². The van der Waals surface area contributed by atoms with Crippen LogP contribution in [0.5, 0.6) is 0 Å². The first-order chi connectivity index (χ1) is 8.84. The second-order valence-corrected chi connectivity index (χ2v) is 4.61. The molecule has 1 unspecified atom stereocenters. The molecular formula is C13H17ClN4O. The molecule has 0 radical (unpaired) electrons.